The van der Waals surface area contributed by atoms with Gasteiger partial charge >= 0.3 is 0 Å². The number of amides is 1. The Hall–Kier alpha value is -1.30. The monoisotopic (exact) mass is 259 g/mol. The zero-order chi connectivity index (χ0) is 12.7. The molecule has 1 rings (SSSR count). The topological polar surface area (TPSA) is 78.8 Å². The number of aliphatic hydroxyl groups is 2. The van der Waals surface area contributed by atoms with Gasteiger partial charge in [0.2, 0.25) is 0 Å². The molecule has 0 aliphatic carbocycles. The van der Waals surface area contributed by atoms with E-state index in [1.165, 1.54) is 0 Å². The molecule has 1 unspecified atom stereocenters. The highest BCUT2D eigenvalue weighted by molar-refractivity contribution is 6.30. The van der Waals surface area contributed by atoms with Crippen molar-refractivity contribution >= 4 is 17.5 Å². The molecule has 1 amide bonds. The lowest BCUT2D eigenvalue weighted by Gasteiger charge is -2.10. The summed E-state index contributed by atoms with van der Waals surface area (Å²) in [6, 6.07) is 6.69. The normalized spacial score (nSPS) is 11.9. The molecule has 0 spiro atoms. The summed E-state index contributed by atoms with van der Waals surface area (Å²) in [5.74, 6) is 0.118. The van der Waals surface area contributed by atoms with E-state index in [2.05, 4.69) is 5.32 Å². The van der Waals surface area contributed by atoms with Crippen LogP contribution in [-0.4, -0.2) is 42.0 Å². The number of halogens is 1. The van der Waals surface area contributed by atoms with E-state index in [-0.39, 0.29) is 19.1 Å². The third-order valence-electron chi connectivity index (χ3n) is 1.91. The van der Waals surface area contributed by atoms with Crippen LogP contribution in [0.25, 0.3) is 0 Å². The van der Waals surface area contributed by atoms with Crippen LogP contribution in [0, 0.1) is 0 Å². The van der Waals surface area contributed by atoms with Crippen LogP contribution in [0.5, 0.6) is 5.75 Å². The molecule has 0 heterocycles. The standard InChI is InChI=1S/C11H14ClNO4/c12-8-2-1-3-10(4-8)17-7-11(16)13-5-9(15)6-14/h1-4,9,14-15H,5-7H2,(H,13,16). The molecule has 0 aliphatic rings. The average molecular weight is 260 g/mol. The third kappa shape index (κ3) is 5.53. The summed E-state index contributed by atoms with van der Waals surface area (Å²) in [6.45, 7) is -0.567. The Kier molecular flexibility index (Phi) is 5.76. The van der Waals surface area contributed by atoms with Gasteiger partial charge in [-0.25, -0.2) is 0 Å². The second-order valence-corrected chi connectivity index (χ2v) is 3.82. The van der Waals surface area contributed by atoms with Gasteiger partial charge in [0, 0.05) is 11.6 Å². The number of hydrogen-bond donors (Lipinski definition) is 3. The molecule has 1 aromatic carbocycles. The molecule has 0 bridgehead atoms. The first-order valence-corrected chi connectivity index (χ1v) is 5.43. The molecule has 3 N–H and O–H groups in total. The quantitative estimate of drug-likeness (QED) is 0.681. The summed E-state index contributed by atoms with van der Waals surface area (Å²) in [5, 5.41) is 20.5. The number of aliphatic hydroxyl groups excluding tert-OH is 2. The van der Waals surface area contributed by atoms with Crippen LogP contribution < -0.4 is 10.1 Å². The highest BCUT2D eigenvalue weighted by Crippen LogP contribution is 2.16. The molecule has 0 aliphatic heterocycles. The fourth-order valence-corrected chi connectivity index (χ4v) is 1.23. The number of carbonyl (C=O) groups excluding carboxylic acids is 1. The van der Waals surface area contributed by atoms with Gasteiger partial charge in [-0.1, -0.05) is 17.7 Å². The second kappa shape index (κ2) is 7.11. The fraction of sp³-hybridized carbons (Fsp3) is 0.364. The van der Waals surface area contributed by atoms with E-state index < -0.39 is 12.7 Å². The van der Waals surface area contributed by atoms with E-state index in [9.17, 15) is 4.79 Å². The van der Waals surface area contributed by atoms with Crippen molar-refractivity contribution in [3.05, 3.63) is 29.3 Å². The molecule has 1 aromatic rings. The Morgan fingerprint density at radius 3 is 2.94 bits per heavy atom. The zero-order valence-electron chi connectivity index (χ0n) is 9.10. The SMILES string of the molecule is O=C(COc1cccc(Cl)c1)NCC(O)CO. The van der Waals surface area contributed by atoms with Crippen LogP contribution >= 0.6 is 11.6 Å². The molecule has 6 heteroatoms. The maximum absolute atomic E-state index is 11.3. The van der Waals surface area contributed by atoms with E-state index >= 15 is 0 Å². The Morgan fingerprint density at radius 2 is 2.29 bits per heavy atom. The number of nitrogens with one attached hydrogen (secondary N) is 1. The summed E-state index contributed by atoms with van der Waals surface area (Å²) in [6.07, 6.45) is -0.954. The minimum atomic E-state index is -0.954. The minimum Gasteiger partial charge on any atom is -0.484 e. The van der Waals surface area contributed by atoms with Crippen LogP contribution in [0.4, 0.5) is 0 Å². The van der Waals surface area contributed by atoms with Crippen molar-refractivity contribution in [2.45, 2.75) is 6.10 Å². The highest BCUT2D eigenvalue weighted by atomic mass is 35.5. The van der Waals surface area contributed by atoms with Crippen molar-refractivity contribution in [3.63, 3.8) is 0 Å². The van der Waals surface area contributed by atoms with Gasteiger partial charge in [-0.05, 0) is 18.2 Å². The predicted octanol–water partition coefficient (Wildman–Crippen LogP) is 0.188. The van der Waals surface area contributed by atoms with E-state index in [1.807, 2.05) is 0 Å². The van der Waals surface area contributed by atoms with Crippen molar-refractivity contribution < 1.29 is 19.7 Å². The highest BCUT2D eigenvalue weighted by Gasteiger charge is 2.06. The Bertz CT molecular complexity index is 372. The van der Waals surface area contributed by atoms with Crippen molar-refractivity contribution in [3.8, 4) is 5.75 Å². The lowest BCUT2D eigenvalue weighted by atomic mass is 10.3. The fourth-order valence-electron chi connectivity index (χ4n) is 1.05. The van der Waals surface area contributed by atoms with Crippen molar-refractivity contribution in [1.29, 1.82) is 0 Å². The Balaban J connectivity index is 2.28. The molecule has 0 radical (unpaired) electrons. The molecular weight excluding hydrogens is 246 g/mol. The van der Waals surface area contributed by atoms with Crippen LogP contribution in [0.15, 0.2) is 24.3 Å². The van der Waals surface area contributed by atoms with Crippen LogP contribution in [0.1, 0.15) is 0 Å². The third-order valence-corrected chi connectivity index (χ3v) is 2.15. The molecule has 94 valence electrons. The number of benzene rings is 1. The van der Waals surface area contributed by atoms with Gasteiger partial charge in [0.25, 0.3) is 5.91 Å². The van der Waals surface area contributed by atoms with Gasteiger partial charge in [-0.2, -0.15) is 0 Å². The summed E-state index contributed by atoms with van der Waals surface area (Å²) >= 11 is 5.74. The lowest BCUT2D eigenvalue weighted by Crippen LogP contribution is -2.36. The molecule has 0 saturated heterocycles. The van der Waals surface area contributed by atoms with E-state index in [0.717, 1.165) is 0 Å². The maximum atomic E-state index is 11.3. The zero-order valence-corrected chi connectivity index (χ0v) is 9.85. The van der Waals surface area contributed by atoms with Crippen molar-refractivity contribution in [2.75, 3.05) is 19.8 Å². The minimum absolute atomic E-state index is 0.00572. The van der Waals surface area contributed by atoms with Gasteiger partial charge in [-0.15, -0.1) is 0 Å². The van der Waals surface area contributed by atoms with Crippen molar-refractivity contribution in [2.24, 2.45) is 0 Å². The number of ether oxygens (including phenoxy) is 1. The van der Waals surface area contributed by atoms with Crippen LogP contribution in [0.3, 0.4) is 0 Å². The van der Waals surface area contributed by atoms with E-state index in [4.69, 9.17) is 26.6 Å². The van der Waals surface area contributed by atoms with E-state index in [0.29, 0.717) is 10.8 Å². The summed E-state index contributed by atoms with van der Waals surface area (Å²) in [4.78, 5) is 11.3. The Labute approximate surface area is 104 Å². The van der Waals surface area contributed by atoms with Crippen LogP contribution in [0.2, 0.25) is 5.02 Å². The first-order chi connectivity index (χ1) is 8.11. The number of carbonyl (C=O) groups is 1. The number of rotatable bonds is 6. The molecule has 1 atom stereocenters. The van der Waals surface area contributed by atoms with Gasteiger partial charge < -0.3 is 20.3 Å². The summed E-state index contributed by atoms with van der Waals surface area (Å²) < 4.78 is 5.17. The summed E-state index contributed by atoms with van der Waals surface area (Å²) in [5.41, 5.74) is 0. The second-order valence-electron chi connectivity index (χ2n) is 3.39. The average Bonchev–Trinajstić information content (AvgIpc) is 2.33. The first-order valence-electron chi connectivity index (χ1n) is 5.06. The predicted molar refractivity (Wildman–Crippen MR) is 63.0 cm³/mol. The molecule has 0 saturated carbocycles. The lowest BCUT2D eigenvalue weighted by molar-refractivity contribution is -0.123. The first kappa shape index (κ1) is 13.8. The largest absolute Gasteiger partial charge is 0.484 e. The maximum Gasteiger partial charge on any atom is 0.258 e. The molecule has 0 fully saturated rings. The van der Waals surface area contributed by atoms with E-state index in [1.54, 1.807) is 24.3 Å². The van der Waals surface area contributed by atoms with Gasteiger partial charge in [0.15, 0.2) is 6.61 Å². The van der Waals surface area contributed by atoms with Gasteiger partial charge in [0.05, 0.1) is 12.7 Å². The molecule has 5 nitrogen and oxygen atoms in total. The smallest absolute Gasteiger partial charge is 0.258 e. The van der Waals surface area contributed by atoms with Gasteiger partial charge in [-0.3, -0.25) is 4.79 Å². The Morgan fingerprint density at radius 1 is 1.53 bits per heavy atom. The number of hydrogen-bond acceptors (Lipinski definition) is 4. The molecule has 17 heavy (non-hydrogen) atoms. The summed E-state index contributed by atoms with van der Waals surface area (Å²) in [7, 11) is 0. The van der Waals surface area contributed by atoms with Crippen molar-refractivity contribution in [1.82, 2.24) is 5.32 Å². The molecule has 0 aromatic heterocycles. The van der Waals surface area contributed by atoms with Crippen LogP contribution in [-0.2, 0) is 4.79 Å². The van der Waals surface area contributed by atoms with Gasteiger partial charge in [0.1, 0.15) is 5.75 Å². The molecular formula is C11H14ClNO4.